The van der Waals surface area contributed by atoms with Crippen LogP contribution in [0.15, 0.2) is 78.0 Å². The number of fused-ring (bicyclic) bond motifs is 2. The first-order valence-corrected chi connectivity index (χ1v) is 14.6. The van der Waals surface area contributed by atoms with Gasteiger partial charge in [-0.15, -0.1) is 0 Å². The van der Waals surface area contributed by atoms with Crippen molar-refractivity contribution in [1.29, 1.82) is 0 Å². The molecule has 1 unspecified atom stereocenters. The fourth-order valence-corrected chi connectivity index (χ4v) is 5.67. The fourth-order valence-electron chi connectivity index (χ4n) is 4.65. The van der Waals surface area contributed by atoms with Gasteiger partial charge in [0.25, 0.3) is 5.91 Å². The van der Waals surface area contributed by atoms with Crippen LogP contribution in [-0.4, -0.2) is 58.2 Å². The number of imidazole rings is 1. The number of anilines is 1. The molecular weight excluding hydrogens is 529 g/mol. The zero-order valence-electron chi connectivity index (χ0n) is 22.7. The van der Waals surface area contributed by atoms with Gasteiger partial charge in [0, 0.05) is 18.7 Å². The van der Waals surface area contributed by atoms with E-state index >= 15 is 0 Å². The zero-order chi connectivity index (χ0) is 28.3. The Bertz CT molecular complexity index is 1600. The lowest BCUT2D eigenvalue weighted by Gasteiger charge is -2.18. The molecule has 1 amide bonds. The number of likely N-dealkylation sites (N-methyl/N-ethyl adjacent to an activating group) is 1. The average Bonchev–Trinajstić information content (AvgIpc) is 3.42. The minimum absolute atomic E-state index is 0.0872. The van der Waals surface area contributed by atoms with Gasteiger partial charge in [0.2, 0.25) is 0 Å². The lowest BCUT2D eigenvalue weighted by molar-refractivity contribution is -0.112. The van der Waals surface area contributed by atoms with Crippen molar-refractivity contribution in [3.8, 4) is 0 Å². The summed E-state index contributed by atoms with van der Waals surface area (Å²) in [6.45, 7) is 3.75. The van der Waals surface area contributed by atoms with Gasteiger partial charge in [-0.2, -0.15) is 0 Å². The maximum Gasteiger partial charge on any atom is 0.358 e. The molecular formula is C29H32N5O5P. The summed E-state index contributed by atoms with van der Waals surface area (Å²) in [5.74, 6) is 0.530. The maximum atomic E-state index is 13.6. The van der Waals surface area contributed by atoms with Crippen molar-refractivity contribution < 1.29 is 23.6 Å². The molecule has 11 heteroatoms. The number of carbonyl (C=O) groups excluding carboxylic acids is 1. The molecule has 0 bridgehead atoms. The van der Waals surface area contributed by atoms with E-state index in [9.17, 15) is 14.3 Å². The number of aromatic nitrogens is 2. The number of benzene rings is 3. The van der Waals surface area contributed by atoms with Crippen LogP contribution in [0, 0.1) is 0 Å². The highest BCUT2D eigenvalue weighted by molar-refractivity contribution is 7.61. The summed E-state index contributed by atoms with van der Waals surface area (Å²) in [4.78, 5) is 37.9. The average molecular weight is 562 g/mol. The molecule has 1 aliphatic heterocycles. The molecule has 0 fully saturated rings. The molecule has 1 aliphatic rings. The number of hydrogen-bond acceptors (Lipinski definition) is 7. The van der Waals surface area contributed by atoms with E-state index in [4.69, 9.17) is 14.3 Å². The quantitative estimate of drug-likeness (QED) is 0.218. The molecule has 5 rings (SSSR count). The Morgan fingerprint density at radius 3 is 2.50 bits per heavy atom. The minimum atomic E-state index is -3.84. The second kappa shape index (κ2) is 11.7. The molecule has 40 heavy (non-hydrogen) atoms. The van der Waals surface area contributed by atoms with Gasteiger partial charge >= 0.3 is 7.60 Å². The number of hydrogen-bond donors (Lipinski definition) is 1. The van der Waals surface area contributed by atoms with E-state index in [1.54, 1.807) is 24.0 Å². The van der Waals surface area contributed by atoms with Crippen molar-refractivity contribution in [2.24, 2.45) is 5.16 Å². The smallest absolute Gasteiger partial charge is 0.358 e. The highest BCUT2D eigenvalue weighted by Gasteiger charge is 2.35. The van der Waals surface area contributed by atoms with E-state index in [2.05, 4.69) is 14.6 Å². The summed E-state index contributed by atoms with van der Waals surface area (Å²) in [5, 5.41) is 4.43. The normalized spacial score (nSPS) is 15.7. The third-order valence-electron chi connectivity index (χ3n) is 6.66. The number of nitrogens with zero attached hydrogens (tertiary/aromatic N) is 5. The summed E-state index contributed by atoms with van der Waals surface area (Å²) < 4.78 is 19.3. The summed E-state index contributed by atoms with van der Waals surface area (Å²) in [5.41, 5.74) is 4.31. The Kier molecular flexibility index (Phi) is 8.14. The Labute approximate surface area is 233 Å². The molecule has 0 saturated heterocycles. The minimum Gasteiger partial charge on any atom is -0.390 e. The van der Waals surface area contributed by atoms with Gasteiger partial charge < -0.3 is 23.7 Å². The molecule has 0 saturated carbocycles. The number of amides is 1. The third kappa shape index (κ3) is 5.71. The molecule has 1 atom stereocenters. The van der Waals surface area contributed by atoms with Crippen molar-refractivity contribution in [3.05, 3.63) is 89.7 Å². The van der Waals surface area contributed by atoms with Gasteiger partial charge in [-0.1, -0.05) is 47.6 Å². The van der Waals surface area contributed by atoms with Crippen LogP contribution < -0.4 is 10.2 Å². The first-order chi connectivity index (χ1) is 19.3. The van der Waals surface area contributed by atoms with Crippen LogP contribution in [-0.2, 0) is 38.4 Å². The molecule has 4 aromatic rings. The van der Waals surface area contributed by atoms with Crippen LogP contribution in [0.4, 0.5) is 5.69 Å². The third-order valence-corrected chi connectivity index (χ3v) is 8.21. The SMILES string of the molecule is CCOP(=O)(O)c1ccc(CO/N=C2/C(=O)N(Cc3nc4ccccc4n3CCN(C)C)c3ccccc32)cc1. The molecule has 0 spiro atoms. The Morgan fingerprint density at radius 1 is 1.02 bits per heavy atom. The standard InChI is InChI=1S/C29H32N5O5P/c1-4-39-40(36,37)22-15-13-21(14-16-22)20-38-31-28-23-9-5-7-11-25(23)34(29(28)35)19-27-30-24-10-6-8-12-26(24)33(27)18-17-32(2)3/h5-16H,4,17-20H2,1-3H3,(H,36,37)/b31-28+. The van der Waals surface area contributed by atoms with E-state index in [0.717, 1.165) is 41.2 Å². The van der Waals surface area contributed by atoms with Crippen molar-refractivity contribution in [3.63, 3.8) is 0 Å². The van der Waals surface area contributed by atoms with E-state index in [0.29, 0.717) is 12.1 Å². The van der Waals surface area contributed by atoms with Gasteiger partial charge in [-0.25, -0.2) is 4.98 Å². The molecule has 0 radical (unpaired) electrons. The van der Waals surface area contributed by atoms with Crippen LogP contribution in [0.5, 0.6) is 0 Å². The van der Waals surface area contributed by atoms with Gasteiger partial charge in [-0.05, 0) is 56.9 Å². The predicted molar refractivity (Wildman–Crippen MR) is 155 cm³/mol. The van der Waals surface area contributed by atoms with Crippen LogP contribution >= 0.6 is 7.60 Å². The highest BCUT2D eigenvalue weighted by atomic mass is 31.2. The molecule has 1 N–H and O–H groups in total. The number of rotatable bonds is 11. The lowest BCUT2D eigenvalue weighted by Crippen LogP contribution is -2.31. The van der Waals surface area contributed by atoms with E-state index < -0.39 is 7.60 Å². The topological polar surface area (TPSA) is 109 Å². The lowest BCUT2D eigenvalue weighted by atomic mass is 10.1. The van der Waals surface area contributed by atoms with Crippen LogP contribution in [0.25, 0.3) is 11.0 Å². The first kappa shape index (κ1) is 27.7. The molecule has 1 aromatic heterocycles. The summed E-state index contributed by atoms with van der Waals surface area (Å²) in [6.07, 6.45) is 0. The number of carbonyl (C=O) groups is 1. The second-order valence-electron chi connectivity index (χ2n) is 9.70. The van der Waals surface area contributed by atoms with Crippen molar-refractivity contribution in [2.45, 2.75) is 26.6 Å². The van der Waals surface area contributed by atoms with Crippen LogP contribution in [0.3, 0.4) is 0 Å². The van der Waals surface area contributed by atoms with Crippen molar-refractivity contribution in [1.82, 2.24) is 14.5 Å². The molecule has 2 heterocycles. The van der Waals surface area contributed by atoms with Crippen molar-refractivity contribution in [2.75, 3.05) is 32.1 Å². The first-order valence-electron chi connectivity index (χ1n) is 13.1. The molecule has 10 nitrogen and oxygen atoms in total. The van der Waals surface area contributed by atoms with Gasteiger partial charge in [-0.3, -0.25) is 14.3 Å². The molecule has 3 aromatic carbocycles. The highest BCUT2D eigenvalue weighted by Crippen LogP contribution is 2.40. The van der Waals surface area contributed by atoms with Crippen LogP contribution in [0.1, 0.15) is 23.9 Å². The monoisotopic (exact) mass is 561 g/mol. The Balaban J connectivity index is 1.36. The Morgan fingerprint density at radius 2 is 1.75 bits per heavy atom. The largest absolute Gasteiger partial charge is 0.390 e. The zero-order valence-corrected chi connectivity index (χ0v) is 23.6. The summed E-state index contributed by atoms with van der Waals surface area (Å²) in [7, 11) is 0.220. The van der Waals surface area contributed by atoms with Gasteiger partial charge in [0.05, 0.1) is 35.2 Å². The van der Waals surface area contributed by atoms with Crippen LogP contribution in [0.2, 0.25) is 0 Å². The maximum absolute atomic E-state index is 13.6. The van der Waals surface area contributed by atoms with E-state index in [-0.39, 0.29) is 30.1 Å². The predicted octanol–water partition coefficient (Wildman–Crippen LogP) is 3.91. The Hall–Kier alpha value is -3.82. The van der Waals surface area contributed by atoms with Gasteiger partial charge in [0.1, 0.15) is 12.4 Å². The molecule has 0 aliphatic carbocycles. The second-order valence-corrected chi connectivity index (χ2v) is 11.5. The number of para-hydroxylation sites is 3. The summed E-state index contributed by atoms with van der Waals surface area (Å²) in [6, 6.07) is 21.9. The summed E-state index contributed by atoms with van der Waals surface area (Å²) >= 11 is 0. The van der Waals surface area contributed by atoms with Crippen molar-refractivity contribution >= 4 is 41.2 Å². The number of oxime groups is 1. The molecule has 208 valence electrons. The van der Waals surface area contributed by atoms with E-state index in [1.165, 1.54) is 12.1 Å². The van der Waals surface area contributed by atoms with Gasteiger partial charge in [0.15, 0.2) is 5.71 Å². The fraction of sp³-hybridized carbons (Fsp3) is 0.276. The van der Waals surface area contributed by atoms with E-state index in [1.807, 2.05) is 62.6 Å².